The molecule has 5 aromatic rings. The number of aromatic nitrogens is 1. The van der Waals surface area contributed by atoms with Gasteiger partial charge < -0.3 is 105 Å². The van der Waals surface area contributed by atoms with Crippen molar-refractivity contribution in [3.05, 3.63) is 154 Å². The minimum atomic E-state index is -1.88. The van der Waals surface area contributed by atoms with Crippen molar-refractivity contribution >= 4 is 105 Å². The van der Waals surface area contributed by atoms with Crippen molar-refractivity contribution in [2.45, 2.75) is 209 Å². The molecule has 8 rings (SSSR count). The molecular formula is C84H112ClN17O18. The predicted molar refractivity (Wildman–Crippen MR) is 442 cm³/mol. The molecule has 36 heteroatoms. The highest BCUT2D eigenvalue weighted by Gasteiger charge is 2.42. The van der Waals surface area contributed by atoms with E-state index in [0.29, 0.717) is 47.4 Å². The van der Waals surface area contributed by atoms with Crippen molar-refractivity contribution in [2.75, 3.05) is 46.4 Å². The van der Waals surface area contributed by atoms with Crippen molar-refractivity contribution in [1.29, 1.82) is 5.41 Å². The maximum atomic E-state index is 15.5. The number of fused-ring (bicyclic) bond motifs is 1. The number of nitrogens with two attached hydrogens (primary N) is 2. The number of hydrogen-bond acceptors (Lipinski definition) is 20. The zero-order valence-electron chi connectivity index (χ0n) is 67.8. The third-order valence-corrected chi connectivity index (χ3v) is 21.5. The van der Waals surface area contributed by atoms with Crippen LogP contribution in [0.5, 0.6) is 5.75 Å². The van der Waals surface area contributed by atoms with E-state index in [0.717, 1.165) is 27.3 Å². The van der Waals surface area contributed by atoms with Crippen molar-refractivity contribution in [2.24, 2.45) is 17.4 Å². The highest BCUT2D eigenvalue weighted by atomic mass is 35.5. The molecule has 3 aliphatic rings. The van der Waals surface area contributed by atoms with Crippen LogP contribution in [0.4, 0.5) is 0 Å². The van der Waals surface area contributed by atoms with Gasteiger partial charge in [-0.15, -0.1) is 0 Å². The number of piperidine rings is 1. The fraction of sp³-hybridized carbons (Fsp3) is 0.488. The zero-order chi connectivity index (χ0) is 87.3. The number of benzene rings is 4. The number of hydrogen-bond donors (Lipinski definition) is 18. The monoisotopic (exact) mass is 1680 g/mol. The second-order valence-electron chi connectivity index (χ2n) is 31.0. The van der Waals surface area contributed by atoms with Crippen LogP contribution in [0, 0.1) is 11.3 Å². The summed E-state index contributed by atoms with van der Waals surface area (Å²) in [5, 5.41) is 88.5. The molecule has 2 aliphatic heterocycles. The minimum Gasteiger partial charge on any atom is -0.508 e. The van der Waals surface area contributed by atoms with Crippen molar-refractivity contribution < 1.29 is 87.9 Å². The highest BCUT2D eigenvalue weighted by molar-refractivity contribution is 6.30. The number of aromatic hydroxyl groups is 1. The number of carbonyl (C=O) groups is 13. The molecule has 4 aromatic carbocycles. The Kier molecular flexibility index (Phi) is 36.0. The Hall–Kier alpha value is -11.7. The maximum absolute atomic E-state index is 15.5. The molecule has 0 bridgehead atoms. The third-order valence-electron chi connectivity index (χ3n) is 21.3. The first-order valence-electron chi connectivity index (χ1n) is 40.4. The molecule has 13 unspecified atom stereocenters. The van der Waals surface area contributed by atoms with Gasteiger partial charge in [0.05, 0.1) is 19.3 Å². The van der Waals surface area contributed by atoms with Gasteiger partial charge in [-0.2, -0.15) is 0 Å². The van der Waals surface area contributed by atoms with Gasteiger partial charge in [0.1, 0.15) is 78.4 Å². The standard InChI is InChI=1S/C84H112ClN17O18/c1-48(2)37-61(76(113)95-60(19-8-11-34-91-84(87)88)83(120)102-36-14-20-65(102)79(116)93-49(3)73(86)110)96-75(112)59(18-7-10-33-90-70(107)46-92-74(111)56-43-68(105)72(109)69(106)44-56)94-80(117)66(41-51-25-30-58(104)31-26-51)100(4)82(119)64(47-103)99-78(115)63(40-53-15-13-32-89-45-53)97-77(114)62(39-50-23-28-57(85)29-24-50)98-81(118)67(101-35-12-9-21-71(101)108)42-52-22-27-54-16-5-6-17-55(54)38-52/h5-6,13,15-17,22-32,38,43,45,48-49,59-69,72,103-106,109H,7-12,14,18-21,33-37,39-42,44,46-47H2,1-4H3,(H2,86,110)(H,90,107)(H,92,111)(H,93,116)(H,94,117)(H,95,113)(H,96,112)(H,97,114)(H,98,118)(H,99,115)(H4,87,88,91). The van der Waals surface area contributed by atoms with Gasteiger partial charge in [0.15, 0.2) is 5.96 Å². The first kappa shape index (κ1) is 93.8. The number of pyridine rings is 1. The van der Waals surface area contributed by atoms with Gasteiger partial charge in [0.2, 0.25) is 76.8 Å². The number of phenols is 1. The largest absolute Gasteiger partial charge is 0.508 e. The number of rotatable bonds is 43. The van der Waals surface area contributed by atoms with Gasteiger partial charge in [-0.05, 0) is 153 Å². The average Bonchev–Trinajstić information content (AvgIpc) is 1.50. The number of likely N-dealkylation sites (tertiary alicyclic amines) is 2. The average molecular weight is 1680 g/mol. The second kappa shape index (κ2) is 46.1. The van der Waals surface area contributed by atoms with Crippen LogP contribution >= 0.6 is 11.6 Å². The Morgan fingerprint density at radius 3 is 1.85 bits per heavy atom. The van der Waals surface area contributed by atoms with E-state index in [1.165, 1.54) is 60.4 Å². The van der Waals surface area contributed by atoms with Crippen molar-refractivity contribution in [1.82, 2.24) is 72.9 Å². The Balaban J connectivity index is 1.06. The Labute approximate surface area is 700 Å². The number of amides is 13. The lowest BCUT2D eigenvalue weighted by Crippen LogP contribution is -2.62. The molecule has 648 valence electrons. The van der Waals surface area contributed by atoms with Gasteiger partial charge in [-0.25, -0.2) is 0 Å². The van der Waals surface area contributed by atoms with Crippen molar-refractivity contribution in [3.63, 3.8) is 0 Å². The van der Waals surface area contributed by atoms with Crippen LogP contribution < -0.4 is 64.6 Å². The first-order valence-corrected chi connectivity index (χ1v) is 40.8. The first-order chi connectivity index (χ1) is 57.3. The minimum absolute atomic E-state index is 0.00117. The Morgan fingerprint density at radius 1 is 0.617 bits per heavy atom. The van der Waals surface area contributed by atoms with E-state index < -0.39 is 163 Å². The molecule has 1 aliphatic carbocycles. The Bertz CT molecular complexity index is 4450. The summed E-state index contributed by atoms with van der Waals surface area (Å²) < 4.78 is 0. The molecule has 0 saturated carbocycles. The smallest absolute Gasteiger partial charge is 0.247 e. The summed E-state index contributed by atoms with van der Waals surface area (Å²) in [4.78, 5) is 194. The lowest BCUT2D eigenvalue weighted by atomic mass is 9.92. The third kappa shape index (κ3) is 28.3. The molecule has 0 spiro atoms. The lowest BCUT2D eigenvalue weighted by molar-refractivity contribution is -0.144. The van der Waals surface area contributed by atoms with E-state index in [2.05, 4.69) is 58.2 Å². The molecule has 20 N–H and O–H groups in total. The van der Waals surface area contributed by atoms with E-state index in [1.54, 1.807) is 50.2 Å². The second-order valence-corrected chi connectivity index (χ2v) is 31.4. The quantitative estimate of drug-likeness (QED) is 0.0132. The lowest BCUT2D eigenvalue weighted by Gasteiger charge is -2.35. The fourth-order valence-corrected chi connectivity index (χ4v) is 14.7. The van der Waals surface area contributed by atoms with E-state index in [1.807, 2.05) is 42.5 Å². The van der Waals surface area contributed by atoms with Crippen LogP contribution in [-0.4, -0.2) is 253 Å². The summed E-state index contributed by atoms with van der Waals surface area (Å²) in [6.07, 6.45) is 1.07. The van der Waals surface area contributed by atoms with E-state index in [9.17, 15) is 59.1 Å². The summed E-state index contributed by atoms with van der Waals surface area (Å²) in [5.74, 6) is -11.0. The van der Waals surface area contributed by atoms with Gasteiger partial charge in [0.25, 0.3) is 0 Å². The van der Waals surface area contributed by atoms with E-state index in [4.69, 9.17) is 28.5 Å². The summed E-state index contributed by atoms with van der Waals surface area (Å²) in [7, 11) is 1.20. The van der Waals surface area contributed by atoms with Crippen LogP contribution in [0.2, 0.25) is 5.02 Å². The van der Waals surface area contributed by atoms with Crippen LogP contribution in [0.25, 0.3) is 10.8 Å². The number of unbranched alkanes of at least 4 members (excludes halogenated alkanes) is 2. The van der Waals surface area contributed by atoms with E-state index in [-0.39, 0.29) is 139 Å². The van der Waals surface area contributed by atoms with Crippen LogP contribution in [0.3, 0.4) is 0 Å². The summed E-state index contributed by atoms with van der Waals surface area (Å²) in [6, 6.07) is 14.6. The van der Waals surface area contributed by atoms with Crippen LogP contribution in [0.15, 0.2) is 127 Å². The molecule has 13 amide bonds. The number of likely N-dealkylation sites (N-methyl/N-ethyl adjacent to an activating group) is 1. The molecule has 35 nitrogen and oxygen atoms in total. The van der Waals surface area contributed by atoms with E-state index >= 15 is 28.8 Å². The molecule has 1 aromatic heterocycles. The zero-order valence-corrected chi connectivity index (χ0v) is 68.5. The fourth-order valence-electron chi connectivity index (χ4n) is 14.6. The number of nitrogens with one attached hydrogen (secondary N) is 11. The molecule has 120 heavy (non-hydrogen) atoms. The number of primary amides is 1. The summed E-state index contributed by atoms with van der Waals surface area (Å²) >= 11 is 6.31. The molecule has 2 fully saturated rings. The SMILES string of the molecule is CC(C)CC(NC(=O)C(CCCCNC(=O)CNC(=O)C1=CC(O)C(O)C(O)C1)NC(=O)C(Cc1ccc(O)cc1)N(C)C(=O)C(CO)NC(=O)C(Cc1cccnc1)NC(=O)C(Cc1ccc(Cl)cc1)NC(=O)C(Cc1ccc2ccccc2c1)N1CCCCC1=O)C(=O)NC(CCCCNC(=N)N)C(=O)N1CCCC1C(=O)NC(C)C(N)=O. The number of nitrogens with zero attached hydrogens (tertiary/aromatic N) is 4. The number of aliphatic hydroxyl groups is 4. The molecule has 0 radical (unpaired) electrons. The van der Waals surface area contributed by atoms with Gasteiger partial charge in [-0.1, -0.05) is 98.2 Å². The molecule has 3 heterocycles. The summed E-state index contributed by atoms with van der Waals surface area (Å²) in [5.41, 5.74) is 13.0. The van der Waals surface area contributed by atoms with Crippen LogP contribution in [0.1, 0.15) is 126 Å². The number of halogens is 1. The maximum Gasteiger partial charge on any atom is 0.247 e. The number of carbonyl (C=O) groups excluding carboxylic acids is 13. The topological polar surface area (TPSA) is 542 Å². The molecular weight excluding hydrogens is 1570 g/mol. The normalized spacial score (nSPS) is 18.1. The Morgan fingerprint density at radius 2 is 1.21 bits per heavy atom. The number of guanidine groups is 1. The van der Waals surface area contributed by atoms with Gasteiger partial charge in [0, 0.05) is 94.7 Å². The molecule has 2 saturated heterocycles. The number of aliphatic hydroxyl groups excluding tert-OH is 4. The highest BCUT2D eigenvalue weighted by Crippen LogP contribution is 2.26. The predicted octanol–water partition coefficient (Wildman–Crippen LogP) is -0.530. The van der Waals surface area contributed by atoms with Crippen LogP contribution in [-0.2, 0) is 88.0 Å². The van der Waals surface area contributed by atoms with Crippen molar-refractivity contribution in [3.8, 4) is 5.75 Å². The molecule has 13 atom stereocenters. The summed E-state index contributed by atoms with van der Waals surface area (Å²) in [6.45, 7) is 3.80. The van der Waals surface area contributed by atoms with Gasteiger partial charge >= 0.3 is 0 Å². The van der Waals surface area contributed by atoms with Gasteiger partial charge in [-0.3, -0.25) is 72.7 Å². The number of phenolic OH excluding ortho intramolecular Hbond substituents is 1.